The van der Waals surface area contributed by atoms with Crippen molar-refractivity contribution < 1.29 is 14.7 Å². The van der Waals surface area contributed by atoms with E-state index < -0.39 is 17.4 Å². The first kappa shape index (κ1) is 14.5. The molecule has 1 aromatic carbocycles. The van der Waals surface area contributed by atoms with Crippen molar-refractivity contribution in [1.29, 1.82) is 0 Å². The number of carbonyl (C=O) groups is 2. The van der Waals surface area contributed by atoms with Gasteiger partial charge < -0.3 is 10.4 Å². The van der Waals surface area contributed by atoms with E-state index in [1.54, 1.807) is 32.0 Å². The fraction of sp³-hybridized carbons (Fsp3) is 0.385. The van der Waals surface area contributed by atoms with E-state index in [2.05, 4.69) is 5.32 Å². The lowest BCUT2D eigenvalue weighted by Gasteiger charge is -2.25. The Bertz CT molecular complexity index is 487. The van der Waals surface area contributed by atoms with Gasteiger partial charge >= 0.3 is 5.97 Å². The molecule has 1 atom stereocenters. The summed E-state index contributed by atoms with van der Waals surface area (Å²) >= 11 is 5.93. The molecule has 0 spiro atoms. The van der Waals surface area contributed by atoms with E-state index >= 15 is 0 Å². The Labute approximate surface area is 111 Å². The highest BCUT2D eigenvalue weighted by molar-refractivity contribution is 6.31. The van der Waals surface area contributed by atoms with Crippen LogP contribution in [0.15, 0.2) is 18.2 Å². The number of carboxylic acid groups (broad SMARTS) is 1. The summed E-state index contributed by atoms with van der Waals surface area (Å²) in [6.45, 7) is 4.91. The van der Waals surface area contributed by atoms with Gasteiger partial charge in [-0.1, -0.05) is 24.6 Å². The van der Waals surface area contributed by atoms with Crippen molar-refractivity contribution >= 4 is 23.5 Å². The Hall–Kier alpha value is -1.55. The van der Waals surface area contributed by atoms with Crippen molar-refractivity contribution in [3.63, 3.8) is 0 Å². The maximum atomic E-state index is 12.1. The van der Waals surface area contributed by atoms with Gasteiger partial charge in [0.2, 0.25) is 0 Å². The van der Waals surface area contributed by atoms with Crippen LogP contribution in [0.1, 0.15) is 36.2 Å². The largest absolute Gasteiger partial charge is 0.480 e. The Kier molecular flexibility index (Phi) is 4.35. The molecule has 1 rings (SSSR count). The van der Waals surface area contributed by atoms with Crippen molar-refractivity contribution in [3.05, 3.63) is 34.3 Å². The second kappa shape index (κ2) is 5.40. The zero-order valence-electron chi connectivity index (χ0n) is 10.6. The van der Waals surface area contributed by atoms with Gasteiger partial charge in [0.25, 0.3) is 5.91 Å². The van der Waals surface area contributed by atoms with E-state index in [9.17, 15) is 9.59 Å². The standard InChI is InChI=1S/C13H16ClNO3/c1-4-13(3,12(17)18)15-11(16)9-6-5-7-10(14)8(9)2/h5-7H,4H2,1-3H3,(H,15,16)(H,17,18). The van der Waals surface area contributed by atoms with Crippen LogP contribution >= 0.6 is 11.6 Å². The number of aliphatic carboxylic acids is 1. The van der Waals surface area contributed by atoms with Crippen LogP contribution in [0, 0.1) is 6.92 Å². The summed E-state index contributed by atoms with van der Waals surface area (Å²) in [7, 11) is 0. The molecule has 0 fully saturated rings. The summed E-state index contributed by atoms with van der Waals surface area (Å²) in [5, 5.41) is 12.1. The van der Waals surface area contributed by atoms with E-state index in [-0.39, 0.29) is 0 Å². The maximum absolute atomic E-state index is 12.1. The second-order valence-corrected chi connectivity index (χ2v) is 4.76. The van der Waals surface area contributed by atoms with E-state index in [1.165, 1.54) is 6.92 Å². The van der Waals surface area contributed by atoms with Gasteiger partial charge in [-0.15, -0.1) is 0 Å². The van der Waals surface area contributed by atoms with Crippen LogP contribution in [0.5, 0.6) is 0 Å². The minimum atomic E-state index is -1.27. The molecule has 1 unspecified atom stereocenters. The van der Waals surface area contributed by atoms with Crippen LogP contribution in [0.4, 0.5) is 0 Å². The lowest BCUT2D eigenvalue weighted by molar-refractivity contribution is -0.143. The molecule has 0 saturated carbocycles. The Balaban J connectivity index is 3.02. The van der Waals surface area contributed by atoms with Gasteiger partial charge in [-0.2, -0.15) is 0 Å². The molecule has 0 aromatic heterocycles. The van der Waals surface area contributed by atoms with Crippen molar-refractivity contribution in [3.8, 4) is 0 Å². The quantitative estimate of drug-likeness (QED) is 0.883. The highest BCUT2D eigenvalue weighted by Crippen LogP contribution is 2.20. The first-order chi connectivity index (χ1) is 8.31. The fourth-order valence-electron chi connectivity index (χ4n) is 1.46. The second-order valence-electron chi connectivity index (χ2n) is 4.36. The molecule has 0 bridgehead atoms. The molecule has 1 amide bonds. The first-order valence-electron chi connectivity index (χ1n) is 5.63. The molecule has 98 valence electrons. The number of hydrogen-bond donors (Lipinski definition) is 2. The summed E-state index contributed by atoms with van der Waals surface area (Å²) in [5.41, 5.74) is -0.241. The number of rotatable bonds is 4. The number of amides is 1. The van der Waals surface area contributed by atoms with Gasteiger partial charge in [-0.05, 0) is 38.0 Å². The highest BCUT2D eigenvalue weighted by Gasteiger charge is 2.33. The highest BCUT2D eigenvalue weighted by atomic mass is 35.5. The molecule has 1 aromatic rings. The third kappa shape index (κ3) is 2.82. The lowest BCUT2D eigenvalue weighted by Crippen LogP contribution is -2.51. The molecule has 0 heterocycles. The fourth-order valence-corrected chi connectivity index (χ4v) is 1.64. The zero-order chi connectivity index (χ0) is 13.9. The first-order valence-corrected chi connectivity index (χ1v) is 6.00. The molecule has 0 aliphatic rings. The summed E-state index contributed by atoms with van der Waals surface area (Å²) in [6, 6.07) is 4.96. The predicted octanol–water partition coefficient (Wildman–Crippen LogP) is 2.63. The molecule has 18 heavy (non-hydrogen) atoms. The lowest BCUT2D eigenvalue weighted by atomic mass is 9.98. The van der Waals surface area contributed by atoms with Gasteiger partial charge in [0.05, 0.1) is 0 Å². The number of hydrogen-bond acceptors (Lipinski definition) is 2. The average molecular weight is 270 g/mol. The molecule has 0 saturated heterocycles. The molecule has 5 heteroatoms. The van der Waals surface area contributed by atoms with Gasteiger partial charge in [0, 0.05) is 10.6 Å². The van der Waals surface area contributed by atoms with Crippen molar-refractivity contribution in [2.24, 2.45) is 0 Å². The number of carbonyl (C=O) groups excluding carboxylic acids is 1. The van der Waals surface area contributed by atoms with E-state index in [4.69, 9.17) is 16.7 Å². The summed E-state index contributed by atoms with van der Waals surface area (Å²) in [5.74, 6) is -1.49. The third-order valence-electron chi connectivity index (χ3n) is 3.08. The molecule has 0 radical (unpaired) electrons. The summed E-state index contributed by atoms with van der Waals surface area (Å²) in [4.78, 5) is 23.2. The smallest absolute Gasteiger partial charge is 0.329 e. The summed E-state index contributed by atoms with van der Waals surface area (Å²) in [6.07, 6.45) is 0.299. The topological polar surface area (TPSA) is 66.4 Å². The van der Waals surface area contributed by atoms with Crippen molar-refractivity contribution in [2.45, 2.75) is 32.7 Å². The molecule has 4 nitrogen and oxygen atoms in total. The van der Waals surface area contributed by atoms with Gasteiger partial charge in [-0.3, -0.25) is 4.79 Å². The molecule has 2 N–H and O–H groups in total. The van der Waals surface area contributed by atoms with E-state index in [0.29, 0.717) is 22.6 Å². The Morgan fingerprint density at radius 2 is 2.06 bits per heavy atom. The minimum Gasteiger partial charge on any atom is -0.480 e. The van der Waals surface area contributed by atoms with E-state index in [1.807, 2.05) is 0 Å². The molecule has 0 aliphatic heterocycles. The van der Waals surface area contributed by atoms with Gasteiger partial charge in [-0.25, -0.2) is 4.79 Å². The zero-order valence-corrected chi connectivity index (χ0v) is 11.3. The van der Waals surface area contributed by atoms with Crippen LogP contribution in [0.25, 0.3) is 0 Å². The number of carboxylic acids is 1. The van der Waals surface area contributed by atoms with Gasteiger partial charge in [0.15, 0.2) is 0 Å². The SMILES string of the molecule is CCC(C)(NC(=O)c1cccc(Cl)c1C)C(=O)O. The van der Waals surface area contributed by atoms with Crippen molar-refractivity contribution in [2.75, 3.05) is 0 Å². The van der Waals surface area contributed by atoms with Crippen LogP contribution in [0.3, 0.4) is 0 Å². The minimum absolute atomic E-state index is 0.299. The van der Waals surface area contributed by atoms with Gasteiger partial charge in [0.1, 0.15) is 5.54 Å². The molecular weight excluding hydrogens is 254 g/mol. The number of benzene rings is 1. The average Bonchev–Trinajstić information content (AvgIpc) is 2.32. The summed E-state index contributed by atoms with van der Waals surface area (Å²) < 4.78 is 0. The number of halogens is 1. The molecule has 0 aliphatic carbocycles. The van der Waals surface area contributed by atoms with Crippen LogP contribution in [-0.2, 0) is 4.79 Å². The Morgan fingerprint density at radius 1 is 1.44 bits per heavy atom. The van der Waals surface area contributed by atoms with E-state index in [0.717, 1.165) is 0 Å². The Morgan fingerprint density at radius 3 is 2.56 bits per heavy atom. The maximum Gasteiger partial charge on any atom is 0.329 e. The van der Waals surface area contributed by atoms with Crippen LogP contribution in [-0.4, -0.2) is 22.5 Å². The van der Waals surface area contributed by atoms with Crippen LogP contribution in [0.2, 0.25) is 5.02 Å². The predicted molar refractivity (Wildman–Crippen MR) is 70.0 cm³/mol. The third-order valence-corrected chi connectivity index (χ3v) is 3.49. The number of nitrogens with one attached hydrogen (secondary N) is 1. The monoisotopic (exact) mass is 269 g/mol. The van der Waals surface area contributed by atoms with Crippen LogP contribution < -0.4 is 5.32 Å². The molecular formula is C13H16ClNO3. The normalized spacial score (nSPS) is 13.8. The van der Waals surface area contributed by atoms with Crippen molar-refractivity contribution in [1.82, 2.24) is 5.32 Å².